The van der Waals surface area contributed by atoms with Crippen LogP contribution in [-0.4, -0.2) is 46.0 Å². The Labute approximate surface area is 128 Å². The smallest absolute Gasteiger partial charge is 0.292 e. The second-order valence-electron chi connectivity index (χ2n) is 4.52. The van der Waals surface area contributed by atoms with Gasteiger partial charge in [-0.3, -0.25) is 9.35 Å². The van der Waals surface area contributed by atoms with Gasteiger partial charge in [0.15, 0.2) is 0 Å². The fourth-order valence-electron chi connectivity index (χ4n) is 1.81. The Hall–Kier alpha value is -2.04. The maximum Gasteiger partial charge on any atom is 0.292 e. The standard InChI is InChI=1S/C12H18N4O5S/c1-8(11(3-4-17)22(19,20)21)16(7-18)6-10-5-14-9(2)15-12(10)13/h5,7,17H,3-4,6H2,1-2H3,(H2,13,14,15)(H,19,20,21)/b11-8-. The van der Waals surface area contributed by atoms with Crippen molar-refractivity contribution in [2.45, 2.75) is 26.8 Å². The summed E-state index contributed by atoms with van der Waals surface area (Å²) in [6, 6.07) is 0. The summed E-state index contributed by atoms with van der Waals surface area (Å²) in [6.07, 6.45) is 1.52. The highest BCUT2D eigenvalue weighted by Gasteiger charge is 2.21. The zero-order valence-electron chi connectivity index (χ0n) is 12.2. The van der Waals surface area contributed by atoms with E-state index in [9.17, 15) is 17.8 Å². The number of hydrogen-bond acceptors (Lipinski definition) is 7. The number of allylic oxidation sites excluding steroid dienone is 1. The first-order valence-electron chi connectivity index (χ1n) is 6.28. The van der Waals surface area contributed by atoms with E-state index < -0.39 is 21.6 Å². The van der Waals surface area contributed by atoms with E-state index in [0.717, 1.165) is 4.90 Å². The number of anilines is 1. The van der Waals surface area contributed by atoms with Crippen LogP contribution in [0.15, 0.2) is 16.8 Å². The average molecular weight is 330 g/mol. The van der Waals surface area contributed by atoms with Gasteiger partial charge in [-0.1, -0.05) is 0 Å². The van der Waals surface area contributed by atoms with Crippen molar-refractivity contribution in [2.24, 2.45) is 0 Å². The quantitative estimate of drug-likeness (QED) is 0.461. The first-order valence-corrected chi connectivity index (χ1v) is 7.72. The highest BCUT2D eigenvalue weighted by molar-refractivity contribution is 7.89. The molecule has 22 heavy (non-hydrogen) atoms. The first-order chi connectivity index (χ1) is 10.2. The lowest BCUT2D eigenvalue weighted by atomic mass is 10.2. The summed E-state index contributed by atoms with van der Waals surface area (Å²) in [5.74, 6) is 0.632. The number of aromatic nitrogens is 2. The summed E-state index contributed by atoms with van der Waals surface area (Å²) < 4.78 is 31.9. The SMILES string of the molecule is C/C(=C(\CCO)S(=O)(=O)O)N(C=O)Cc1cnc(C)nc1N. The number of aliphatic hydroxyl groups is 1. The van der Waals surface area contributed by atoms with Crippen molar-refractivity contribution in [1.82, 2.24) is 14.9 Å². The van der Waals surface area contributed by atoms with E-state index in [2.05, 4.69) is 9.97 Å². The number of nitrogens with zero attached hydrogens (tertiary/aromatic N) is 3. The summed E-state index contributed by atoms with van der Waals surface area (Å²) in [5.41, 5.74) is 6.15. The predicted molar refractivity (Wildman–Crippen MR) is 78.7 cm³/mol. The molecule has 10 heteroatoms. The van der Waals surface area contributed by atoms with Gasteiger partial charge in [0.05, 0.1) is 11.4 Å². The molecular formula is C12H18N4O5S. The highest BCUT2D eigenvalue weighted by Crippen LogP contribution is 2.20. The van der Waals surface area contributed by atoms with Gasteiger partial charge in [0.25, 0.3) is 10.1 Å². The number of aliphatic hydroxyl groups excluding tert-OH is 1. The number of amides is 1. The van der Waals surface area contributed by atoms with E-state index in [1.807, 2.05) is 0 Å². The van der Waals surface area contributed by atoms with Crippen LogP contribution in [0.3, 0.4) is 0 Å². The Morgan fingerprint density at radius 2 is 2.14 bits per heavy atom. The van der Waals surface area contributed by atoms with E-state index >= 15 is 0 Å². The normalized spacial score (nSPS) is 12.7. The fourth-order valence-corrected chi connectivity index (χ4v) is 2.65. The average Bonchev–Trinajstić information content (AvgIpc) is 2.42. The third-order valence-corrected chi connectivity index (χ3v) is 4.09. The maximum atomic E-state index is 11.3. The monoisotopic (exact) mass is 330 g/mol. The van der Waals surface area contributed by atoms with Gasteiger partial charge in [-0.05, 0) is 13.8 Å². The van der Waals surface area contributed by atoms with Crippen LogP contribution >= 0.6 is 0 Å². The molecule has 0 saturated heterocycles. The molecule has 0 saturated carbocycles. The largest absolute Gasteiger partial charge is 0.396 e. The van der Waals surface area contributed by atoms with Gasteiger partial charge in [0.1, 0.15) is 11.6 Å². The maximum absolute atomic E-state index is 11.3. The minimum atomic E-state index is -4.53. The zero-order chi connectivity index (χ0) is 16.9. The van der Waals surface area contributed by atoms with Crippen LogP contribution in [0.4, 0.5) is 5.82 Å². The van der Waals surface area contributed by atoms with Crippen LogP contribution in [0.2, 0.25) is 0 Å². The Kier molecular flexibility index (Phi) is 5.97. The second kappa shape index (κ2) is 7.29. The zero-order valence-corrected chi connectivity index (χ0v) is 13.0. The minimum absolute atomic E-state index is 0.00785. The van der Waals surface area contributed by atoms with Crippen LogP contribution in [0.1, 0.15) is 24.7 Å². The molecule has 0 bridgehead atoms. The van der Waals surface area contributed by atoms with E-state index in [1.54, 1.807) is 6.92 Å². The molecule has 0 radical (unpaired) electrons. The molecule has 122 valence electrons. The van der Waals surface area contributed by atoms with E-state index in [-0.39, 0.29) is 24.5 Å². The van der Waals surface area contributed by atoms with Gasteiger partial charge in [-0.2, -0.15) is 8.42 Å². The molecule has 1 aromatic rings. The molecular weight excluding hydrogens is 312 g/mol. The summed E-state index contributed by atoms with van der Waals surface area (Å²) >= 11 is 0. The minimum Gasteiger partial charge on any atom is -0.396 e. The molecule has 1 amide bonds. The van der Waals surface area contributed by atoms with Crippen molar-refractivity contribution in [2.75, 3.05) is 12.3 Å². The number of aryl methyl sites for hydroxylation is 1. The second-order valence-corrected chi connectivity index (χ2v) is 5.96. The summed E-state index contributed by atoms with van der Waals surface area (Å²) in [7, 11) is -4.53. The molecule has 1 aromatic heterocycles. The van der Waals surface area contributed by atoms with Crippen molar-refractivity contribution in [1.29, 1.82) is 0 Å². The van der Waals surface area contributed by atoms with Gasteiger partial charge in [-0.25, -0.2) is 9.97 Å². The summed E-state index contributed by atoms with van der Waals surface area (Å²) in [4.78, 5) is 19.8. The Morgan fingerprint density at radius 3 is 2.59 bits per heavy atom. The fraction of sp³-hybridized carbons (Fsp3) is 0.417. The molecule has 9 nitrogen and oxygen atoms in total. The summed E-state index contributed by atoms with van der Waals surface area (Å²) in [6.45, 7) is 2.44. The molecule has 0 aliphatic heterocycles. The molecule has 0 aliphatic rings. The summed E-state index contributed by atoms with van der Waals surface area (Å²) in [5, 5.41) is 8.91. The third kappa shape index (κ3) is 4.48. The molecule has 4 N–H and O–H groups in total. The van der Waals surface area contributed by atoms with E-state index in [1.165, 1.54) is 13.1 Å². The van der Waals surface area contributed by atoms with Crippen molar-refractivity contribution in [3.05, 3.63) is 28.2 Å². The number of nitrogens with two attached hydrogens (primary N) is 1. The van der Waals surface area contributed by atoms with Crippen LogP contribution < -0.4 is 5.73 Å². The number of carbonyl (C=O) groups is 1. The lowest BCUT2D eigenvalue weighted by molar-refractivity contribution is -0.116. The number of rotatable bonds is 7. The van der Waals surface area contributed by atoms with Crippen LogP contribution in [0, 0.1) is 6.92 Å². The Morgan fingerprint density at radius 1 is 1.50 bits per heavy atom. The molecule has 0 fully saturated rings. The number of hydrogen-bond donors (Lipinski definition) is 3. The van der Waals surface area contributed by atoms with Crippen molar-refractivity contribution < 1.29 is 22.9 Å². The molecule has 1 rings (SSSR count). The first kappa shape index (κ1) is 18.0. The molecule has 0 aliphatic carbocycles. The van der Waals surface area contributed by atoms with Gasteiger partial charge in [-0.15, -0.1) is 0 Å². The van der Waals surface area contributed by atoms with Crippen molar-refractivity contribution in [3.8, 4) is 0 Å². The molecule has 0 spiro atoms. The molecule has 0 atom stereocenters. The van der Waals surface area contributed by atoms with Crippen molar-refractivity contribution in [3.63, 3.8) is 0 Å². The topological polar surface area (TPSA) is 147 Å². The number of nitrogen functional groups attached to an aromatic ring is 1. The van der Waals surface area contributed by atoms with Gasteiger partial charge >= 0.3 is 0 Å². The van der Waals surface area contributed by atoms with Gasteiger partial charge in [0, 0.05) is 30.5 Å². The lowest BCUT2D eigenvalue weighted by Gasteiger charge is -2.21. The Bertz CT molecular complexity index is 687. The number of carbonyl (C=O) groups excluding carboxylic acids is 1. The highest BCUT2D eigenvalue weighted by atomic mass is 32.2. The lowest BCUT2D eigenvalue weighted by Crippen LogP contribution is -2.24. The van der Waals surface area contributed by atoms with Crippen LogP contribution in [-0.2, 0) is 21.5 Å². The molecule has 1 heterocycles. The van der Waals surface area contributed by atoms with Crippen molar-refractivity contribution >= 4 is 22.3 Å². The van der Waals surface area contributed by atoms with E-state index in [0.29, 0.717) is 17.8 Å². The van der Waals surface area contributed by atoms with Crippen LogP contribution in [0.5, 0.6) is 0 Å². The predicted octanol–water partition coefficient (Wildman–Crippen LogP) is -0.173. The molecule has 0 unspecified atom stereocenters. The molecule has 0 aromatic carbocycles. The van der Waals surface area contributed by atoms with Gasteiger partial charge < -0.3 is 15.7 Å². The third-order valence-electron chi connectivity index (χ3n) is 2.97. The van der Waals surface area contributed by atoms with E-state index in [4.69, 9.17) is 10.8 Å². The van der Waals surface area contributed by atoms with Gasteiger partial charge in [0.2, 0.25) is 6.41 Å². The Balaban J connectivity index is 3.21. The van der Waals surface area contributed by atoms with Crippen LogP contribution in [0.25, 0.3) is 0 Å².